The van der Waals surface area contributed by atoms with Gasteiger partial charge in [-0.15, -0.1) is 4.47 Å². The van der Waals surface area contributed by atoms with Crippen LogP contribution in [0.4, 0.5) is 11.5 Å². The predicted molar refractivity (Wildman–Crippen MR) is 123 cm³/mol. The van der Waals surface area contributed by atoms with E-state index in [1.54, 1.807) is 18.2 Å². The molecule has 0 aliphatic carbocycles. The minimum atomic E-state index is -4.21. The van der Waals surface area contributed by atoms with Crippen LogP contribution in [0.15, 0.2) is 59.6 Å². The average Bonchev–Trinajstić information content (AvgIpc) is 2.73. The molecular formula is C22H23ClN4O4S. The van der Waals surface area contributed by atoms with Gasteiger partial charge in [0.05, 0.1) is 17.0 Å². The third-order valence-corrected chi connectivity index (χ3v) is 6.51. The molecule has 1 aromatic carbocycles. The van der Waals surface area contributed by atoms with Crippen molar-refractivity contribution in [1.29, 1.82) is 0 Å². The van der Waals surface area contributed by atoms with Crippen LogP contribution in [0.25, 0.3) is 0 Å². The minimum Gasteiger partial charge on any atom is -0.384 e. The van der Waals surface area contributed by atoms with Crippen LogP contribution in [-0.4, -0.2) is 31.3 Å². The standard InChI is InChI=1S/C22H23ClN4O4S/c1-22(2,3)14-8-10-16(11-9-14)32(29,30)27(31-4)18-12-15(23)13-25-20(18)21(28)17-6-5-7-19(24)26-17/h5-13H,1-4H3,(H2,24,26). The summed E-state index contributed by atoms with van der Waals surface area (Å²) in [6.07, 6.45) is 1.24. The van der Waals surface area contributed by atoms with Gasteiger partial charge in [0, 0.05) is 6.20 Å². The lowest BCUT2D eigenvalue weighted by atomic mass is 9.87. The first-order valence-corrected chi connectivity index (χ1v) is 11.4. The zero-order chi connectivity index (χ0) is 23.7. The first-order valence-electron chi connectivity index (χ1n) is 9.58. The third-order valence-electron chi connectivity index (χ3n) is 4.65. The van der Waals surface area contributed by atoms with E-state index in [9.17, 15) is 13.2 Å². The van der Waals surface area contributed by atoms with E-state index in [-0.39, 0.29) is 38.2 Å². The van der Waals surface area contributed by atoms with Crippen LogP contribution in [0.3, 0.4) is 0 Å². The van der Waals surface area contributed by atoms with Crippen molar-refractivity contribution < 1.29 is 18.0 Å². The highest BCUT2D eigenvalue weighted by molar-refractivity contribution is 7.92. The number of carbonyl (C=O) groups is 1. The summed E-state index contributed by atoms with van der Waals surface area (Å²) in [6, 6.07) is 12.3. The summed E-state index contributed by atoms with van der Waals surface area (Å²) in [5, 5.41) is 0.123. The van der Waals surface area contributed by atoms with Gasteiger partial charge in [0.25, 0.3) is 10.0 Å². The summed E-state index contributed by atoms with van der Waals surface area (Å²) >= 11 is 6.07. The fraction of sp³-hybridized carbons (Fsp3) is 0.227. The number of nitrogens with zero attached hydrogens (tertiary/aromatic N) is 3. The van der Waals surface area contributed by atoms with E-state index in [1.807, 2.05) is 20.8 Å². The number of aromatic nitrogens is 2. The molecule has 0 fully saturated rings. The molecule has 168 valence electrons. The molecule has 3 rings (SSSR count). The molecule has 0 amide bonds. The SMILES string of the molecule is CON(c1cc(Cl)cnc1C(=O)c1cccc(N)n1)S(=O)(=O)c1ccc(C(C)(C)C)cc1. The maximum atomic E-state index is 13.4. The summed E-state index contributed by atoms with van der Waals surface area (Å²) in [6.45, 7) is 6.08. The Morgan fingerprint density at radius 1 is 1.12 bits per heavy atom. The van der Waals surface area contributed by atoms with Crippen molar-refractivity contribution in [3.05, 3.63) is 76.7 Å². The summed E-state index contributed by atoms with van der Waals surface area (Å²) in [7, 11) is -3.04. The fourth-order valence-corrected chi connectivity index (χ4v) is 4.41. The molecule has 0 aliphatic rings. The second-order valence-corrected chi connectivity index (χ2v) is 10.2. The van der Waals surface area contributed by atoms with Crippen molar-refractivity contribution in [2.24, 2.45) is 0 Å². The van der Waals surface area contributed by atoms with Gasteiger partial charge in [0.2, 0.25) is 5.78 Å². The third kappa shape index (κ3) is 4.74. The lowest BCUT2D eigenvalue weighted by Crippen LogP contribution is -2.32. The number of benzene rings is 1. The number of nitrogen functional groups attached to an aromatic ring is 1. The molecule has 0 saturated carbocycles. The summed E-state index contributed by atoms with van der Waals surface area (Å²) < 4.78 is 27.4. The first kappa shape index (κ1) is 23.6. The number of pyridine rings is 2. The number of hydrogen-bond donors (Lipinski definition) is 1. The zero-order valence-corrected chi connectivity index (χ0v) is 19.6. The smallest absolute Gasteiger partial charge is 0.286 e. The van der Waals surface area contributed by atoms with Crippen molar-refractivity contribution in [3.8, 4) is 0 Å². The number of anilines is 2. The Bertz CT molecular complexity index is 1260. The number of ketones is 1. The lowest BCUT2D eigenvalue weighted by Gasteiger charge is -2.24. The molecule has 8 nitrogen and oxygen atoms in total. The Kier molecular flexibility index (Phi) is 6.54. The highest BCUT2D eigenvalue weighted by Gasteiger charge is 2.31. The largest absolute Gasteiger partial charge is 0.384 e. The number of carbonyl (C=O) groups excluding carboxylic acids is 1. The van der Waals surface area contributed by atoms with E-state index in [4.69, 9.17) is 22.2 Å². The van der Waals surface area contributed by atoms with Crippen molar-refractivity contribution in [2.45, 2.75) is 31.1 Å². The van der Waals surface area contributed by atoms with Gasteiger partial charge in [0.15, 0.2) is 0 Å². The van der Waals surface area contributed by atoms with Crippen LogP contribution >= 0.6 is 11.6 Å². The van der Waals surface area contributed by atoms with E-state index in [2.05, 4.69) is 9.97 Å². The minimum absolute atomic E-state index is 0.00375. The van der Waals surface area contributed by atoms with E-state index in [0.29, 0.717) is 4.47 Å². The van der Waals surface area contributed by atoms with Gasteiger partial charge < -0.3 is 5.73 Å². The predicted octanol–water partition coefficient (Wildman–Crippen LogP) is 4.00. The molecule has 10 heteroatoms. The highest BCUT2D eigenvalue weighted by atomic mass is 35.5. The van der Waals surface area contributed by atoms with Gasteiger partial charge in [-0.05, 0) is 41.3 Å². The monoisotopic (exact) mass is 474 g/mol. The summed E-state index contributed by atoms with van der Waals surface area (Å²) in [5.74, 6) is -0.495. The van der Waals surface area contributed by atoms with Gasteiger partial charge in [-0.25, -0.2) is 9.97 Å². The van der Waals surface area contributed by atoms with Crippen molar-refractivity contribution in [2.75, 3.05) is 17.3 Å². The average molecular weight is 475 g/mol. The second-order valence-electron chi connectivity index (χ2n) is 7.99. The van der Waals surface area contributed by atoms with Gasteiger partial charge in [-0.3, -0.25) is 9.63 Å². The number of rotatable bonds is 6. The van der Waals surface area contributed by atoms with Gasteiger partial charge in [0.1, 0.15) is 22.9 Å². The Morgan fingerprint density at radius 3 is 2.34 bits per heavy atom. The summed E-state index contributed by atoms with van der Waals surface area (Å²) in [5.41, 5.74) is 6.15. The normalized spacial score (nSPS) is 11.9. The topological polar surface area (TPSA) is 115 Å². The van der Waals surface area contributed by atoms with Crippen LogP contribution < -0.4 is 10.2 Å². The molecule has 0 bridgehead atoms. The van der Waals surface area contributed by atoms with Gasteiger partial charge in [-0.1, -0.05) is 50.6 Å². The number of sulfonamides is 1. The Labute approximate surface area is 192 Å². The quantitative estimate of drug-likeness (QED) is 0.424. The van der Waals surface area contributed by atoms with E-state index in [0.717, 1.165) is 5.56 Å². The molecule has 2 N–H and O–H groups in total. The first-order chi connectivity index (χ1) is 14.9. The van der Waals surface area contributed by atoms with Crippen LogP contribution in [0.2, 0.25) is 5.02 Å². The van der Waals surface area contributed by atoms with E-state index in [1.165, 1.54) is 43.6 Å². The number of hydrogen-bond acceptors (Lipinski definition) is 7. The van der Waals surface area contributed by atoms with Crippen LogP contribution in [0.1, 0.15) is 42.5 Å². The Balaban J connectivity index is 2.10. The summed E-state index contributed by atoms with van der Waals surface area (Å²) in [4.78, 5) is 26.3. The number of nitrogens with two attached hydrogens (primary N) is 1. The van der Waals surface area contributed by atoms with E-state index >= 15 is 0 Å². The molecule has 3 aromatic rings. The molecule has 0 unspecified atom stereocenters. The van der Waals surface area contributed by atoms with Crippen LogP contribution in [-0.2, 0) is 20.3 Å². The maximum absolute atomic E-state index is 13.4. The van der Waals surface area contributed by atoms with Gasteiger partial charge in [-0.2, -0.15) is 8.42 Å². The van der Waals surface area contributed by atoms with Crippen molar-refractivity contribution in [3.63, 3.8) is 0 Å². The second kappa shape index (κ2) is 8.85. The van der Waals surface area contributed by atoms with Crippen molar-refractivity contribution >= 4 is 38.9 Å². The van der Waals surface area contributed by atoms with E-state index < -0.39 is 15.8 Å². The molecule has 0 aliphatic heterocycles. The Hall–Kier alpha value is -3.01. The molecule has 2 aromatic heterocycles. The maximum Gasteiger partial charge on any atom is 0.286 e. The molecular weight excluding hydrogens is 452 g/mol. The fourth-order valence-electron chi connectivity index (χ4n) is 2.99. The van der Waals surface area contributed by atoms with Crippen LogP contribution in [0, 0.1) is 0 Å². The molecule has 0 spiro atoms. The molecule has 0 saturated heterocycles. The number of halogens is 1. The van der Waals surface area contributed by atoms with Gasteiger partial charge >= 0.3 is 0 Å². The lowest BCUT2D eigenvalue weighted by molar-refractivity contribution is 0.102. The van der Waals surface area contributed by atoms with Crippen LogP contribution in [0.5, 0.6) is 0 Å². The van der Waals surface area contributed by atoms with Crippen molar-refractivity contribution in [1.82, 2.24) is 9.97 Å². The molecule has 2 heterocycles. The molecule has 0 radical (unpaired) electrons. The molecule has 0 atom stereocenters. The molecule has 32 heavy (non-hydrogen) atoms. The zero-order valence-electron chi connectivity index (χ0n) is 18.0. The highest BCUT2D eigenvalue weighted by Crippen LogP contribution is 2.31. The Morgan fingerprint density at radius 2 is 1.78 bits per heavy atom.